The molecule has 0 radical (unpaired) electrons. The van der Waals surface area contributed by atoms with Crippen LogP contribution in [-0.4, -0.2) is 31.6 Å². The minimum atomic E-state index is 0.378. The van der Waals surface area contributed by atoms with Crippen LogP contribution in [0.15, 0.2) is 29.2 Å². The van der Waals surface area contributed by atoms with Gasteiger partial charge in [-0.1, -0.05) is 37.6 Å². The van der Waals surface area contributed by atoms with Crippen LogP contribution in [0.1, 0.15) is 20.3 Å². The maximum atomic E-state index is 6.14. The molecule has 0 aromatic heterocycles. The highest BCUT2D eigenvalue weighted by Crippen LogP contribution is 2.26. The van der Waals surface area contributed by atoms with Gasteiger partial charge in [0.2, 0.25) is 0 Å². The van der Waals surface area contributed by atoms with Crippen molar-refractivity contribution in [3.05, 3.63) is 29.3 Å². The van der Waals surface area contributed by atoms with E-state index in [0.717, 1.165) is 41.9 Å². The monoisotopic (exact) mass is 287 g/mol. The molecule has 0 amide bonds. The molecule has 0 saturated heterocycles. The average Bonchev–Trinajstić information content (AvgIpc) is 2.38. The Morgan fingerprint density at radius 1 is 1.33 bits per heavy atom. The lowest BCUT2D eigenvalue weighted by Gasteiger charge is -2.17. The molecule has 0 bridgehead atoms. The molecule has 102 valence electrons. The first-order chi connectivity index (χ1) is 8.77. The van der Waals surface area contributed by atoms with Crippen molar-refractivity contribution in [2.75, 3.05) is 25.5 Å². The number of nitrogens with one attached hydrogen (secondary N) is 1. The minimum absolute atomic E-state index is 0.378. The van der Waals surface area contributed by atoms with E-state index in [0.29, 0.717) is 6.04 Å². The molecule has 1 rings (SSSR count). The highest BCUT2D eigenvalue weighted by Gasteiger charge is 2.09. The summed E-state index contributed by atoms with van der Waals surface area (Å²) < 4.78 is 5.61. The normalized spacial score (nSPS) is 12.6. The Kier molecular flexibility index (Phi) is 8.51. The first-order valence-corrected chi connectivity index (χ1v) is 7.82. The molecule has 0 aliphatic heterocycles. The fourth-order valence-corrected chi connectivity index (χ4v) is 2.85. The number of hydrogen-bond donors (Lipinski definition) is 1. The summed E-state index contributed by atoms with van der Waals surface area (Å²) in [5.74, 6) is 0.973. The van der Waals surface area contributed by atoms with Crippen molar-refractivity contribution >= 4 is 23.4 Å². The minimum Gasteiger partial charge on any atom is -0.380 e. The van der Waals surface area contributed by atoms with Gasteiger partial charge in [0.15, 0.2) is 0 Å². The molecule has 1 aromatic rings. The smallest absolute Gasteiger partial charge is 0.0627 e. The second-order valence-corrected chi connectivity index (χ2v) is 5.54. The summed E-state index contributed by atoms with van der Waals surface area (Å²) in [7, 11) is 0. The summed E-state index contributed by atoms with van der Waals surface area (Å²) in [5, 5.41) is 4.27. The molecule has 1 atom stereocenters. The Balaban J connectivity index is 2.39. The zero-order valence-corrected chi connectivity index (χ0v) is 12.7. The van der Waals surface area contributed by atoms with Crippen LogP contribution in [0.2, 0.25) is 5.02 Å². The Morgan fingerprint density at radius 3 is 2.78 bits per heavy atom. The maximum absolute atomic E-state index is 6.14. The molecule has 18 heavy (non-hydrogen) atoms. The molecule has 0 aliphatic rings. The predicted octanol–water partition coefficient (Wildman–Crippen LogP) is 3.84. The largest absolute Gasteiger partial charge is 0.380 e. The van der Waals surface area contributed by atoms with Crippen molar-refractivity contribution < 1.29 is 4.74 Å². The summed E-state index contributed by atoms with van der Waals surface area (Å²) in [4.78, 5) is 1.14. The standard InChI is InChI=1S/C14H22ClNOS/c1-3-9-17-10-12(16-4-2)11-18-14-8-6-5-7-13(14)15/h5-8,12,16H,3-4,9-11H2,1-2H3. The molecule has 0 spiro atoms. The number of thioether (sulfide) groups is 1. The number of halogens is 1. The molecular weight excluding hydrogens is 266 g/mol. The second kappa shape index (κ2) is 9.68. The first-order valence-electron chi connectivity index (χ1n) is 6.46. The molecule has 0 fully saturated rings. The molecule has 1 aromatic carbocycles. The summed E-state index contributed by atoms with van der Waals surface area (Å²) in [5.41, 5.74) is 0. The van der Waals surface area contributed by atoms with Crippen molar-refractivity contribution in [3.8, 4) is 0 Å². The lowest BCUT2D eigenvalue weighted by Crippen LogP contribution is -2.35. The molecule has 0 saturated carbocycles. The van der Waals surface area contributed by atoms with Crippen LogP contribution >= 0.6 is 23.4 Å². The van der Waals surface area contributed by atoms with Crippen molar-refractivity contribution in [2.45, 2.75) is 31.2 Å². The van der Waals surface area contributed by atoms with Crippen LogP contribution in [0.3, 0.4) is 0 Å². The van der Waals surface area contributed by atoms with E-state index < -0.39 is 0 Å². The van der Waals surface area contributed by atoms with Crippen molar-refractivity contribution in [2.24, 2.45) is 0 Å². The Hall–Kier alpha value is -0.220. The van der Waals surface area contributed by atoms with Crippen LogP contribution in [0, 0.1) is 0 Å². The highest BCUT2D eigenvalue weighted by molar-refractivity contribution is 7.99. The van der Waals surface area contributed by atoms with Gasteiger partial charge in [0, 0.05) is 23.3 Å². The fourth-order valence-electron chi connectivity index (χ4n) is 1.58. The van der Waals surface area contributed by atoms with E-state index in [-0.39, 0.29) is 0 Å². The van der Waals surface area contributed by atoms with Crippen LogP contribution in [-0.2, 0) is 4.74 Å². The summed E-state index contributed by atoms with van der Waals surface area (Å²) in [6, 6.07) is 8.34. The average molecular weight is 288 g/mol. The number of hydrogen-bond acceptors (Lipinski definition) is 3. The number of likely N-dealkylation sites (N-methyl/N-ethyl adjacent to an activating group) is 1. The van der Waals surface area contributed by atoms with E-state index >= 15 is 0 Å². The number of benzene rings is 1. The Labute approximate surface area is 119 Å². The van der Waals surface area contributed by atoms with E-state index in [2.05, 4.69) is 25.2 Å². The van der Waals surface area contributed by atoms with Gasteiger partial charge < -0.3 is 10.1 Å². The van der Waals surface area contributed by atoms with Gasteiger partial charge in [-0.15, -0.1) is 11.8 Å². The lowest BCUT2D eigenvalue weighted by molar-refractivity contribution is 0.117. The first kappa shape index (κ1) is 15.8. The van der Waals surface area contributed by atoms with Gasteiger partial charge in [0.25, 0.3) is 0 Å². The summed E-state index contributed by atoms with van der Waals surface area (Å²) in [6.07, 6.45) is 1.07. The molecule has 1 N–H and O–H groups in total. The van der Waals surface area contributed by atoms with E-state index in [4.69, 9.17) is 16.3 Å². The maximum Gasteiger partial charge on any atom is 0.0627 e. The van der Waals surface area contributed by atoms with Gasteiger partial charge in [-0.3, -0.25) is 0 Å². The molecule has 4 heteroatoms. The molecule has 0 aliphatic carbocycles. The van der Waals surface area contributed by atoms with Gasteiger partial charge in [-0.25, -0.2) is 0 Å². The lowest BCUT2D eigenvalue weighted by atomic mass is 10.3. The van der Waals surface area contributed by atoms with Crippen molar-refractivity contribution in [3.63, 3.8) is 0 Å². The summed E-state index contributed by atoms with van der Waals surface area (Å²) in [6.45, 7) is 6.80. The zero-order valence-electron chi connectivity index (χ0n) is 11.1. The SMILES string of the molecule is CCCOCC(CSc1ccccc1Cl)NCC. The zero-order chi connectivity index (χ0) is 13.2. The van der Waals surface area contributed by atoms with Crippen molar-refractivity contribution in [1.29, 1.82) is 0 Å². The van der Waals surface area contributed by atoms with Crippen LogP contribution in [0.5, 0.6) is 0 Å². The summed E-state index contributed by atoms with van der Waals surface area (Å²) >= 11 is 7.92. The van der Waals surface area contributed by atoms with E-state index in [9.17, 15) is 0 Å². The third kappa shape index (κ3) is 6.10. The molecular formula is C14H22ClNOS. The van der Waals surface area contributed by atoms with Gasteiger partial charge >= 0.3 is 0 Å². The number of ether oxygens (including phenoxy) is 1. The fraction of sp³-hybridized carbons (Fsp3) is 0.571. The van der Waals surface area contributed by atoms with E-state index in [1.54, 1.807) is 11.8 Å². The van der Waals surface area contributed by atoms with Crippen LogP contribution in [0.4, 0.5) is 0 Å². The van der Waals surface area contributed by atoms with Gasteiger partial charge in [0.05, 0.1) is 11.6 Å². The molecule has 2 nitrogen and oxygen atoms in total. The van der Waals surface area contributed by atoms with Gasteiger partial charge in [-0.05, 0) is 25.1 Å². The molecule has 1 unspecified atom stereocenters. The highest BCUT2D eigenvalue weighted by atomic mass is 35.5. The third-order valence-corrected chi connectivity index (χ3v) is 4.11. The Morgan fingerprint density at radius 2 is 2.11 bits per heavy atom. The predicted molar refractivity (Wildman–Crippen MR) is 80.8 cm³/mol. The number of rotatable bonds is 9. The quantitative estimate of drug-likeness (QED) is 0.551. The van der Waals surface area contributed by atoms with Gasteiger partial charge in [-0.2, -0.15) is 0 Å². The topological polar surface area (TPSA) is 21.3 Å². The van der Waals surface area contributed by atoms with E-state index in [1.807, 2.05) is 18.2 Å². The Bertz CT molecular complexity index is 335. The molecule has 0 heterocycles. The van der Waals surface area contributed by atoms with E-state index in [1.165, 1.54) is 0 Å². The van der Waals surface area contributed by atoms with Crippen molar-refractivity contribution in [1.82, 2.24) is 5.32 Å². The van der Waals surface area contributed by atoms with Crippen LogP contribution in [0.25, 0.3) is 0 Å². The van der Waals surface area contributed by atoms with Crippen LogP contribution < -0.4 is 5.32 Å². The third-order valence-electron chi connectivity index (χ3n) is 2.44. The van der Waals surface area contributed by atoms with Gasteiger partial charge in [0.1, 0.15) is 0 Å². The second-order valence-electron chi connectivity index (χ2n) is 4.07.